The van der Waals surface area contributed by atoms with E-state index < -0.39 is 0 Å². The maximum absolute atomic E-state index is 5.82. The van der Waals surface area contributed by atoms with Crippen LogP contribution in [0.15, 0.2) is 5.16 Å². The minimum absolute atomic E-state index is 0.0337. The lowest BCUT2D eigenvalue weighted by Gasteiger charge is -2.08. The van der Waals surface area contributed by atoms with Crippen LogP contribution in [0.4, 0.5) is 0 Å². The molecule has 4 nitrogen and oxygen atoms in total. The molecule has 0 spiro atoms. The Balaban J connectivity index is 2.56. The lowest BCUT2D eigenvalue weighted by Crippen LogP contribution is -2.09. The van der Waals surface area contributed by atoms with Gasteiger partial charge in [-0.15, -0.1) is 0 Å². The van der Waals surface area contributed by atoms with Crippen LogP contribution in [-0.2, 0) is 0 Å². The molecule has 0 fully saturated rings. The molecule has 0 saturated heterocycles. The molecule has 96 valence electrons. The number of hydrogen-bond acceptors (Lipinski definition) is 5. The molecular formula is C11H18ClN3OS. The Hall–Kier alpha value is -0.550. The van der Waals surface area contributed by atoms with Crippen LogP contribution < -0.4 is 4.74 Å². The topological polar surface area (TPSA) is 47.9 Å². The van der Waals surface area contributed by atoms with Crippen LogP contribution in [-0.4, -0.2) is 26.8 Å². The summed E-state index contributed by atoms with van der Waals surface area (Å²) in [5.74, 6) is 0.995. The van der Waals surface area contributed by atoms with Crippen molar-refractivity contribution >= 4 is 23.4 Å². The van der Waals surface area contributed by atoms with Gasteiger partial charge in [-0.2, -0.15) is 15.0 Å². The highest BCUT2D eigenvalue weighted by Gasteiger charge is 2.07. The lowest BCUT2D eigenvalue weighted by atomic mass is 10.3. The van der Waals surface area contributed by atoms with Gasteiger partial charge in [-0.3, -0.25) is 0 Å². The largest absolute Gasteiger partial charge is 0.461 e. The first-order chi connectivity index (χ1) is 8.11. The number of halogens is 1. The average Bonchev–Trinajstić information content (AvgIpc) is 2.22. The number of aromatic nitrogens is 3. The molecule has 0 atom stereocenters. The fraction of sp³-hybridized carbons (Fsp3) is 0.727. The molecule has 1 heterocycles. The average molecular weight is 276 g/mol. The molecular weight excluding hydrogens is 258 g/mol. The minimum Gasteiger partial charge on any atom is -0.461 e. The second-order valence-corrected chi connectivity index (χ2v) is 5.29. The van der Waals surface area contributed by atoms with E-state index in [4.69, 9.17) is 16.3 Å². The molecule has 1 aromatic rings. The second-order valence-electron chi connectivity index (χ2n) is 3.89. The van der Waals surface area contributed by atoms with Gasteiger partial charge >= 0.3 is 6.01 Å². The zero-order valence-electron chi connectivity index (χ0n) is 10.4. The fourth-order valence-corrected chi connectivity index (χ4v) is 2.19. The Kier molecular flexibility index (Phi) is 6.58. The molecule has 0 aliphatic carbocycles. The first kappa shape index (κ1) is 14.5. The SMILES string of the molecule is CCCCCSc1nc(Cl)nc(OC(C)C)n1. The molecule has 6 heteroatoms. The number of unbranched alkanes of at least 4 members (excludes halogenated alkanes) is 2. The Bertz CT molecular complexity index is 349. The van der Waals surface area contributed by atoms with Crippen molar-refractivity contribution in [2.45, 2.75) is 51.3 Å². The van der Waals surface area contributed by atoms with E-state index >= 15 is 0 Å². The lowest BCUT2D eigenvalue weighted by molar-refractivity contribution is 0.219. The van der Waals surface area contributed by atoms with E-state index in [1.807, 2.05) is 13.8 Å². The van der Waals surface area contributed by atoms with Crippen LogP contribution in [0, 0.1) is 0 Å². The third kappa shape index (κ3) is 6.07. The molecule has 0 aromatic carbocycles. The maximum atomic E-state index is 5.82. The number of hydrogen-bond donors (Lipinski definition) is 0. The van der Waals surface area contributed by atoms with Crippen molar-refractivity contribution in [2.24, 2.45) is 0 Å². The van der Waals surface area contributed by atoms with Gasteiger partial charge in [0.1, 0.15) is 0 Å². The maximum Gasteiger partial charge on any atom is 0.321 e. The first-order valence-corrected chi connectivity index (χ1v) is 7.19. The molecule has 1 rings (SSSR count). The Morgan fingerprint density at radius 1 is 1.24 bits per heavy atom. The molecule has 0 N–H and O–H groups in total. The van der Waals surface area contributed by atoms with Gasteiger partial charge in [0.25, 0.3) is 0 Å². The monoisotopic (exact) mass is 275 g/mol. The molecule has 0 amide bonds. The predicted octanol–water partition coefficient (Wildman–Crippen LogP) is 3.59. The van der Waals surface area contributed by atoms with Gasteiger partial charge in [0.05, 0.1) is 6.10 Å². The molecule has 1 aromatic heterocycles. The van der Waals surface area contributed by atoms with Gasteiger partial charge in [0.2, 0.25) is 5.28 Å². The van der Waals surface area contributed by atoms with Gasteiger partial charge in [-0.05, 0) is 31.9 Å². The highest BCUT2D eigenvalue weighted by molar-refractivity contribution is 7.99. The third-order valence-corrected chi connectivity index (χ3v) is 2.99. The quantitative estimate of drug-likeness (QED) is 0.562. The van der Waals surface area contributed by atoms with Crippen LogP contribution in [0.25, 0.3) is 0 Å². The predicted molar refractivity (Wildman–Crippen MR) is 70.9 cm³/mol. The molecule has 0 unspecified atom stereocenters. The van der Waals surface area contributed by atoms with Crippen LogP contribution >= 0.6 is 23.4 Å². The minimum atomic E-state index is 0.0337. The van der Waals surface area contributed by atoms with E-state index in [0.717, 1.165) is 12.2 Å². The van der Waals surface area contributed by atoms with Gasteiger partial charge in [-0.25, -0.2) is 0 Å². The van der Waals surface area contributed by atoms with Crippen molar-refractivity contribution in [1.29, 1.82) is 0 Å². The summed E-state index contributed by atoms with van der Waals surface area (Å²) in [6.45, 7) is 6.02. The third-order valence-electron chi connectivity index (χ3n) is 1.89. The van der Waals surface area contributed by atoms with Crippen molar-refractivity contribution in [3.8, 4) is 6.01 Å². The summed E-state index contributed by atoms with van der Waals surface area (Å²) >= 11 is 7.41. The number of rotatable bonds is 7. The number of ether oxygens (including phenoxy) is 1. The highest BCUT2D eigenvalue weighted by Crippen LogP contribution is 2.19. The molecule has 0 aliphatic rings. The summed E-state index contributed by atoms with van der Waals surface area (Å²) in [6.07, 6.45) is 3.62. The summed E-state index contributed by atoms with van der Waals surface area (Å²) in [5, 5.41) is 0.824. The Morgan fingerprint density at radius 2 is 2.00 bits per heavy atom. The van der Waals surface area contributed by atoms with Crippen molar-refractivity contribution in [3.05, 3.63) is 5.28 Å². The molecule has 17 heavy (non-hydrogen) atoms. The van der Waals surface area contributed by atoms with E-state index in [1.165, 1.54) is 12.8 Å². The summed E-state index contributed by atoms with van der Waals surface area (Å²) in [6, 6.07) is 0.304. The summed E-state index contributed by atoms with van der Waals surface area (Å²) in [4.78, 5) is 12.2. The van der Waals surface area contributed by atoms with E-state index in [0.29, 0.717) is 11.2 Å². The zero-order chi connectivity index (χ0) is 12.7. The first-order valence-electron chi connectivity index (χ1n) is 5.83. The van der Waals surface area contributed by atoms with Crippen LogP contribution in [0.2, 0.25) is 5.28 Å². The van der Waals surface area contributed by atoms with E-state index in [2.05, 4.69) is 21.9 Å². The summed E-state index contributed by atoms with van der Waals surface area (Å²) < 4.78 is 5.40. The smallest absolute Gasteiger partial charge is 0.321 e. The van der Waals surface area contributed by atoms with Crippen molar-refractivity contribution in [1.82, 2.24) is 15.0 Å². The number of thioether (sulfide) groups is 1. The normalized spacial score (nSPS) is 10.9. The van der Waals surface area contributed by atoms with Crippen molar-refractivity contribution in [3.63, 3.8) is 0 Å². The van der Waals surface area contributed by atoms with Crippen LogP contribution in [0.3, 0.4) is 0 Å². The van der Waals surface area contributed by atoms with Crippen molar-refractivity contribution in [2.75, 3.05) is 5.75 Å². The van der Waals surface area contributed by atoms with Crippen LogP contribution in [0.5, 0.6) is 6.01 Å². The Labute approximate surface area is 112 Å². The van der Waals surface area contributed by atoms with E-state index in [9.17, 15) is 0 Å². The Morgan fingerprint density at radius 3 is 2.65 bits per heavy atom. The van der Waals surface area contributed by atoms with E-state index in [-0.39, 0.29) is 11.4 Å². The highest BCUT2D eigenvalue weighted by atomic mass is 35.5. The summed E-state index contributed by atoms with van der Waals surface area (Å²) in [5.41, 5.74) is 0. The van der Waals surface area contributed by atoms with Crippen LogP contribution in [0.1, 0.15) is 40.0 Å². The molecule has 0 saturated carbocycles. The molecule has 0 bridgehead atoms. The van der Waals surface area contributed by atoms with Gasteiger partial charge < -0.3 is 4.74 Å². The molecule has 0 radical (unpaired) electrons. The zero-order valence-corrected chi connectivity index (χ0v) is 12.0. The van der Waals surface area contributed by atoms with Gasteiger partial charge in [-0.1, -0.05) is 31.5 Å². The second kappa shape index (κ2) is 7.71. The van der Waals surface area contributed by atoms with E-state index in [1.54, 1.807) is 11.8 Å². The molecule has 0 aliphatic heterocycles. The van der Waals surface area contributed by atoms with Gasteiger partial charge in [0.15, 0.2) is 5.16 Å². The van der Waals surface area contributed by atoms with Gasteiger partial charge in [0, 0.05) is 5.75 Å². The number of nitrogens with zero attached hydrogens (tertiary/aromatic N) is 3. The standard InChI is InChI=1S/C11H18ClN3OS/c1-4-5-6-7-17-11-14-9(12)13-10(15-11)16-8(2)3/h8H,4-7H2,1-3H3. The van der Waals surface area contributed by atoms with Crippen molar-refractivity contribution < 1.29 is 4.74 Å². The fourth-order valence-electron chi connectivity index (χ4n) is 1.16. The summed E-state index contributed by atoms with van der Waals surface area (Å²) in [7, 11) is 0.